The van der Waals surface area contributed by atoms with E-state index in [0.717, 1.165) is 47.9 Å². The van der Waals surface area contributed by atoms with Gasteiger partial charge in [0.25, 0.3) is 0 Å². The Bertz CT molecular complexity index is 819. The summed E-state index contributed by atoms with van der Waals surface area (Å²) in [6.07, 6.45) is 6.35. The molecule has 0 radical (unpaired) electrons. The van der Waals surface area contributed by atoms with Crippen LogP contribution in [0.5, 0.6) is 0 Å². The molecule has 7 heteroatoms. The summed E-state index contributed by atoms with van der Waals surface area (Å²) in [7, 11) is 2.02. The maximum absolute atomic E-state index is 4.50. The average Bonchev–Trinajstić information content (AvgIpc) is 3.36. The summed E-state index contributed by atoms with van der Waals surface area (Å²) in [4.78, 5) is 6.85. The van der Waals surface area contributed by atoms with Crippen LogP contribution in [0.25, 0.3) is 5.69 Å². The standard InChI is InChI=1S/C18H22N6S/c1-22-12-9-19-17(22)14-25-18-21-20-16(13-23-10-5-6-11-23)24(18)15-7-3-2-4-8-15/h2-4,7-9,12H,5-6,10-11,13-14H2,1H3. The fourth-order valence-electron chi connectivity index (χ4n) is 3.14. The molecule has 6 nitrogen and oxygen atoms in total. The van der Waals surface area contributed by atoms with E-state index in [-0.39, 0.29) is 0 Å². The summed E-state index contributed by atoms with van der Waals surface area (Å²) in [6.45, 7) is 3.15. The molecule has 130 valence electrons. The Kier molecular flexibility index (Phi) is 4.85. The Morgan fingerprint density at radius 2 is 1.84 bits per heavy atom. The van der Waals surface area contributed by atoms with Gasteiger partial charge in [-0.05, 0) is 38.1 Å². The third-order valence-electron chi connectivity index (χ3n) is 4.53. The van der Waals surface area contributed by atoms with Crippen LogP contribution in [0.3, 0.4) is 0 Å². The maximum atomic E-state index is 4.50. The van der Waals surface area contributed by atoms with Gasteiger partial charge in [0, 0.05) is 25.1 Å². The molecule has 3 heterocycles. The Labute approximate surface area is 151 Å². The number of hydrogen-bond donors (Lipinski definition) is 0. The van der Waals surface area contributed by atoms with Crippen molar-refractivity contribution < 1.29 is 0 Å². The van der Waals surface area contributed by atoms with Gasteiger partial charge in [-0.25, -0.2) is 4.98 Å². The van der Waals surface area contributed by atoms with Crippen LogP contribution >= 0.6 is 11.8 Å². The van der Waals surface area contributed by atoms with Gasteiger partial charge in [-0.2, -0.15) is 0 Å². The number of benzene rings is 1. The molecule has 0 aliphatic carbocycles. The molecule has 25 heavy (non-hydrogen) atoms. The smallest absolute Gasteiger partial charge is 0.196 e. The van der Waals surface area contributed by atoms with Gasteiger partial charge in [0.05, 0.1) is 12.3 Å². The first-order valence-electron chi connectivity index (χ1n) is 8.62. The van der Waals surface area contributed by atoms with E-state index in [1.807, 2.05) is 30.1 Å². The lowest BCUT2D eigenvalue weighted by Crippen LogP contribution is -2.21. The lowest BCUT2D eigenvalue weighted by molar-refractivity contribution is 0.319. The van der Waals surface area contributed by atoms with Crippen LogP contribution in [0.1, 0.15) is 24.5 Å². The molecule has 1 fully saturated rings. The fraction of sp³-hybridized carbons (Fsp3) is 0.389. The highest BCUT2D eigenvalue weighted by Gasteiger charge is 2.19. The fourth-order valence-corrected chi connectivity index (χ4v) is 4.11. The van der Waals surface area contributed by atoms with E-state index in [9.17, 15) is 0 Å². The third-order valence-corrected chi connectivity index (χ3v) is 5.45. The van der Waals surface area contributed by atoms with Crippen LogP contribution in [0.4, 0.5) is 0 Å². The van der Waals surface area contributed by atoms with Crippen molar-refractivity contribution in [3.8, 4) is 5.69 Å². The predicted octanol–water partition coefficient (Wildman–Crippen LogP) is 2.89. The molecule has 0 amide bonds. The molecule has 2 aromatic heterocycles. The maximum Gasteiger partial charge on any atom is 0.196 e. The summed E-state index contributed by atoms with van der Waals surface area (Å²) in [6, 6.07) is 10.4. The first-order valence-corrected chi connectivity index (χ1v) is 9.61. The first kappa shape index (κ1) is 16.4. The molecule has 1 saturated heterocycles. The molecular weight excluding hydrogens is 332 g/mol. The normalized spacial score (nSPS) is 15.1. The molecule has 0 saturated carbocycles. The number of imidazole rings is 1. The number of thioether (sulfide) groups is 1. The van der Waals surface area contributed by atoms with E-state index in [2.05, 4.69) is 48.9 Å². The molecule has 1 aromatic carbocycles. The SMILES string of the molecule is Cn1ccnc1CSc1nnc(CN2CCCC2)n1-c1ccccc1. The van der Waals surface area contributed by atoms with Gasteiger partial charge in [0.2, 0.25) is 0 Å². The minimum atomic E-state index is 0.776. The highest BCUT2D eigenvalue weighted by Crippen LogP contribution is 2.25. The van der Waals surface area contributed by atoms with E-state index < -0.39 is 0 Å². The molecule has 0 spiro atoms. The molecule has 1 aliphatic rings. The Morgan fingerprint density at radius 1 is 1.04 bits per heavy atom. The number of hydrogen-bond acceptors (Lipinski definition) is 5. The molecular formula is C18H22N6S. The Morgan fingerprint density at radius 3 is 2.56 bits per heavy atom. The van der Waals surface area contributed by atoms with Crippen LogP contribution in [0.2, 0.25) is 0 Å². The van der Waals surface area contributed by atoms with E-state index in [4.69, 9.17) is 0 Å². The van der Waals surface area contributed by atoms with Gasteiger partial charge in [-0.1, -0.05) is 30.0 Å². The van der Waals surface area contributed by atoms with Gasteiger partial charge in [0.1, 0.15) is 5.82 Å². The zero-order chi connectivity index (χ0) is 17.1. The lowest BCUT2D eigenvalue weighted by Gasteiger charge is -2.15. The summed E-state index contributed by atoms with van der Waals surface area (Å²) in [5, 5.41) is 9.90. The van der Waals surface area contributed by atoms with Crippen LogP contribution < -0.4 is 0 Å². The topological polar surface area (TPSA) is 51.8 Å². The van der Waals surface area contributed by atoms with Crippen molar-refractivity contribution >= 4 is 11.8 Å². The average molecular weight is 354 g/mol. The molecule has 4 rings (SSSR count). The monoisotopic (exact) mass is 354 g/mol. The Hall–Kier alpha value is -2.12. The van der Waals surface area contributed by atoms with Crippen molar-refractivity contribution in [1.29, 1.82) is 0 Å². The summed E-state index contributed by atoms with van der Waals surface area (Å²) in [5.74, 6) is 2.82. The lowest BCUT2D eigenvalue weighted by atomic mass is 10.3. The molecule has 0 bridgehead atoms. The summed E-state index contributed by atoms with van der Waals surface area (Å²) >= 11 is 1.68. The first-order chi connectivity index (χ1) is 12.3. The summed E-state index contributed by atoms with van der Waals surface area (Å²) in [5.41, 5.74) is 1.11. The largest absolute Gasteiger partial charge is 0.337 e. The van der Waals surface area contributed by atoms with Crippen LogP contribution in [0, 0.1) is 0 Å². The van der Waals surface area contributed by atoms with Crippen molar-refractivity contribution in [1.82, 2.24) is 29.2 Å². The summed E-state index contributed by atoms with van der Waals surface area (Å²) < 4.78 is 4.23. The van der Waals surface area contributed by atoms with E-state index in [1.165, 1.54) is 12.8 Å². The van der Waals surface area contributed by atoms with E-state index >= 15 is 0 Å². The molecule has 1 aliphatic heterocycles. The number of aryl methyl sites for hydroxylation is 1. The second-order valence-electron chi connectivity index (χ2n) is 6.30. The highest BCUT2D eigenvalue weighted by atomic mass is 32.2. The highest BCUT2D eigenvalue weighted by molar-refractivity contribution is 7.98. The number of para-hydroxylation sites is 1. The number of rotatable bonds is 6. The quantitative estimate of drug-likeness (QED) is 0.637. The minimum Gasteiger partial charge on any atom is -0.337 e. The second-order valence-corrected chi connectivity index (χ2v) is 7.24. The number of nitrogens with zero attached hydrogens (tertiary/aromatic N) is 6. The van der Waals surface area contributed by atoms with Crippen LogP contribution in [-0.4, -0.2) is 42.3 Å². The molecule has 0 atom stereocenters. The van der Waals surface area contributed by atoms with Crippen molar-refractivity contribution in [3.63, 3.8) is 0 Å². The van der Waals surface area contributed by atoms with Gasteiger partial charge in [0.15, 0.2) is 11.0 Å². The van der Waals surface area contributed by atoms with Gasteiger partial charge in [-0.3, -0.25) is 9.47 Å². The molecule has 0 N–H and O–H groups in total. The molecule has 0 unspecified atom stereocenters. The number of likely N-dealkylation sites (tertiary alicyclic amines) is 1. The minimum absolute atomic E-state index is 0.776. The van der Waals surface area contributed by atoms with Gasteiger partial charge < -0.3 is 4.57 Å². The van der Waals surface area contributed by atoms with Crippen LogP contribution in [-0.2, 0) is 19.3 Å². The van der Waals surface area contributed by atoms with E-state index in [1.54, 1.807) is 11.8 Å². The van der Waals surface area contributed by atoms with Crippen molar-refractivity contribution in [3.05, 3.63) is 54.4 Å². The number of aromatic nitrogens is 5. The van der Waals surface area contributed by atoms with Crippen molar-refractivity contribution in [2.45, 2.75) is 30.3 Å². The van der Waals surface area contributed by atoms with Gasteiger partial charge >= 0.3 is 0 Å². The van der Waals surface area contributed by atoms with Gasteiger partial charge in [-0.15, -0.1) is 10.2 Å². The van der Waals surface area contributed by atoms with Crippen molar-refractivity contribution in [2.24, 2.45) is 7.05 Å². The van der Waals surface area contributed by atoms with Crippen molar-refractivity contribution in [2.75, 3.05) is 13.1 Å². The second kappa shape index (κ2) is 7.41. The van der Waals surface area contributed by atoms with E-state index in [0.29, 0.717) is 0 Å². The predicted molar refractivity (Wildman–Crippen MR) is 98.6 cm³/mol. The van der Waals surface area contributed by atoms with Crippen LogP contribution in [0.15, 0.2) is 47.9 Å². The Balaban J connectivity index is 1.61. The zero-order valence-electron chi connectivity index (χ0n) is 14.4. The zero-order valence-corrected chi connectivity index (χ0v) is 15.2. The molecule has 3 aromatic rings. The third kappa shape index (κ3) is 3.62.